The van der Waals surface area contributed by atoms with Crippen LogP contribution in [0.5, 0.6) is 0 Å². The van der Waals surface area contributed by atoms with Gasteiger partial charge in [0.1, 0.15) is 0 Å². The fourth-order valence-corrected chi connectivity index (χ4v) is 2.63. The highest BCUT2D eigenvalue weighted by molar-refractivity contribution is 5.77. The number of carboxylic acids is 1. The van der Waals surface area contributed by atoms with Crippen LogP contribution in [0.1, 0.15) is 26.7 Å². The van der Waals surface area contributed by atoms with Gasteiger partial charge >= 0.3 is 5.97 Å². The molecule has 1 N–H and O–H groups in total. The standard InChI is InChI=1S/C12H16O2/c1-3-7(4-2)8-5-6-9-10(8)11(9)12(13)14/h5-6,9-11H,3-4H2,1-2H3,(H,13,14)/t9-,10+,11-/m0/s1. The third-order valence-electron chi connectivity index (χ3n) is 3.48. The molecule has 0 spiro atoms. The van der Waals surface area contributed by atoms with Gasteiger partial charge in [0.15, 0.2) is 0 Å². The lowest BCUT2D eigenvalue weighted by molar-refractivity contribution is -0.139. The minimum Gasteiger partial charge on any atom is -0.481 e. The SMILES string of the molecule is CCC(CC)=C1C=C[C@H]2[C@@H]1[C@H]2C(=O)O. The van der Waals surface area contributed by atoms with Crippen molar-refractivity contribution in [1.29, 1.82) is 0 Å². The number of carbonyl (C=O) groups is 1. The van der Waals surface area contributed by atoms with Crippen molar-refractivity contribution in [2.45, 2.75) is 26.7 Å². The van der Waals surface area contributed by atoms with Gasteiger partial charge in [0, 0.05) is 5.92 Å². The van der Waals surface area contributed by atoms with Crippen molar-refractivity contribution in [1.82, 2.24) is 0 Å². The van der Waals surface area contributed by atoms with E-state index in [0.29, 0.717) is 11.8 Å². The second-order valence-electron chi connectivity index (χ2n) is 4.09. The fourth-order valence-electron chi connectivity index (χ4n) is 2.63. The Balaban J connectivity index is 2.23. The Bertz CT molecular complexity index is 319. The first-order valence-corrected chi connectivity index (χ1v) is 5.33. The molecule has 0 heterocycles. The molecule has 2 aliphatic rings. The van der Waals surface area contributed by atoms with Gasteiger partial charge < -0.3 is 5.11 Å². The molecule has 2 heteroatoms. The van der Waals surface area contributed by atoms with E-state index < -0.39 is 5.97 Å². The predicted molar refractivity (Wildman–Crippen MR) is 54.9 cm³/mol. The van der Waals surface area contributed by atoms with Crippen molar-refractivity contribution in [3.63, 3.8) is 0 Å². The molecule has 1 fully saturated rings. The Morgan fingerprint density at radius 2 is 2.07 bits per heavy atom. The van der Waals surface area contributed by atoms with Gasteiger partial charge in [0.25, 0.3) is 0 Å². The first-order chi connectivity index (χ1) is 6.70. The summed E-state index contributed by atoms with van der Waals surface area (Å²) in [6.45, 7) is 4.29. The van der Waals surface area contributed by atoms with Crippen LogP contribution in [0.15, 0.2) is 23.3 Å². The molecule has 76 valence electrons. The molecule has 0 aromatic rings. The number of hydrogen-bond donors (Lipinski definition) is 1. The van der Waals surface area contributed by atoms with Crippen LogP contribution in [0.25, 0.3) is 0 Å². The van der Waals surface area contributed by atoms with Crippen molar-refractivity contribution in [2.24, 2.45) is 17.8 Å². The van der Waals surface area contributed by atoms with Crippen LogP contribution in [0.2, 0.25) is 0 Å². The quantitative estimate of drug-likeness (QED) is 0.746. The lowest BCUT2D eigenvalue weighted by atomic mass is 9.99. The molecule has 0 bridgehead atoms. The Hall–Kier alpha value is -1.05. The average Bonchev–Trinajstić information content (AvgIpc) is 2.75. The van der Waals surface area contributed by atoms with Gasteiger partial charge in [-0.3, -0.25) is 4.79 Å². The van der Waals surface area contributed by atoms with E-state index in [0.717, 1.165) is 12.8 Å². The molecule has 0 radical (unpaired) electrons. The Morgan fingerprint density at radius 3 is 2.50 bits per heavy atom. The lowest BCUT2D eigenvalue weighted by Gasteiger charge is -2.06. The molecule has 2 nitrogen and oxygen atoms in total. The molecule has 0 amide bonds. The van der Waals surface area contributed by atoms with Crippen molar-refractivity contribution in [2.75, 3.05) is 0 Å². The molecule has 2 rings (SSSR count). The van der Waals surface area contributed by atoms with Gasteiger partial charge in [0.2, 0.25) is 0 Å². The van der Waals surface area contributed by atoms with Gasteiger partial charge in [-0.1, -0.05) is 31.6 Å². The predicted octanol–water partition coefficient (Wildman–Crippen LogP) is 2.62. The maximum absolute atomic E-state index is 10.9. The summed E-state index contributed by atoms with van der Waals surface area (Å²) in [5, 5.41) is 8.95. The van der Waals surface area contributed by atoms with Crippen molar-refractivity contribution >= 4 is 5.97 Å². The number of rotatable bonds is 3. The first-order valence-electron chi connectivity index (χ1n) is 5.33. The van der Waals surface area contributed by atoms with Crippen LogP contribution in [0, 0.1) is 17.8 Å². The van der Waals surface area contributed by atoms with E-state index in [1.165, 1.54) is 11.1 Å². The van der Waals surface area contributed by atoms with E-state index in [1.54, 1.807) is 0 Å². The molecule has 0 aromatic heterocycles. The van der Waals surface area contributed by atoms with Crippen LogP contribution >= 0.6 is 0 Å². The van der Waals surface area contributed by atoms with Crippen LogP contribution in [0.4, 0.5) is 0 Å². The third kappa shape index (κ3) is 1.21. The van der Waals surface area contributed by atoms with Crippen molar-refractivity contribution in [3.05, 3.63) is 23.3 Å². The van der Waals surface area contributed by atoms with Crippen molar-refractivity contribution in [3.8, 4) is 0 Å². The highest BCUT2D eigenvalue weighted by Crippen LogP contribution is 2.57. The van der Waals surface area contributed by atoms with Crippen LogP contribution in [-0.2, 0) is 4.79 Å². The van der Waals surface area contributed by atoms with Crippen LogP contribution < -0.4 is 0 Å². The van der Waals surface area contributed by atoms with Gasteiger partial charge in [-0.05, 0) is 24.3 Å². The normalized spacial score (nSPS) is 33.0. The molecule has 3 atom stereocenters. The average molecular weight is 192 g/mol. The molecule has 0 aliphatic heterocycles. The third-order valence-corrected chi connectivity index (χ3v) is 3.48. The summed E-state index contributed by atoms with van der Waals surface area (Å²) >= 11 is 0. The van der Waals surface area contributed by atoms with Gasteiger partial charge in [0.05, 0.1) is 5.92 Å². The van der Waals surface area contributed by atoms with E-state index in [-0.39, 0.29) is 5.92 Å². The van der Waals surface area contributed by atoms with E-state index >= 15 is 0 Å². The van der Waals surface area contributed by atoms with E-state index in [2.05, 4.69) is 26.0 Å². The molecule has 1 saturated carbocycles. The second-order valence-corrected chi connectivity index (χ2v) is 4.09. The Kier molecular flexibility index (Phi) is 2.22. The maximum atomic E-state index is 10.9. The summed E-state index contributed by atoms with van der Waals surface area (Å²) in [6.07, 6.45) is 6.30. The number of carboxylic acid groups (broad SMARTS) is 1. The highest BCUT2D eigenvalue weighted by atomic mass is 16.4. The van der Waals surface area contributed by atoms with Crippen LogP contribution in [-0.4, -0.2) is 11.1 Å². The smallest absolute Gasteiger partial charge is 0.307 e. The summed E-state index contributed by atoms with van der Waals surface area (Å²) in [5.74, 6) is -0.144. The number of aliphatic carboxylic acids is 1. The lowest BCUT2D eigenvalue weighted by Crippen LogP contribution is -2.03. The fraction of sp³-hybridized carbons (Fsp3) is 0.583. The van der Waals surface area contributed by atoms with Crippen molar-refractivity contribution < 1.29 is 9.90 Å². The summed E-state index contributed by atoms with van der Waals surface area (Å²) in [6, 6.07) is 0. The summed E-state index contributed by atoms with van der Waals surface area (Å²) in [5.41, 5.74) is 2.74. The number of hydrogen-bond acceptors (Lipinski definition) is 1. The topological polar surface area (TPSA) is 37.3 Å². The number of fused-ring (bicyclic) bond motifs is 1. The molecule has 0 aromatic carbocycles. The minimum atomic E-state index is -0.631. The number of allylic oxidation sites excluding steroid dienone is 4. The molecular formula is C12H16O2. The molecule has 0 saturated heterocycles. The summed E-state index contributed by atoms with van der Waals surface area (Å²) in [7, 11) is 0. The second kappa shape index (κ2) is 3.26. The zero-order chi connectivity index (χ0) is 10.3. The molecular weight excluding hydrogens is 176 g/mol. The summed E-state index contributed by atoms with van der Waals surface area (Å²) in [4.78, 5) is 10.9. The Labute approximate surface area is 84.3 Å². The molecule has 2 aliphatic carbocycles. The molecule has 0 unspecified atom stereocenters. The van der Waals surface area contributed by atoms with Crippen LogP contribution in [0.3, 0.4) is 0 Å². The van der Waals surface area contributed by atoms with Gasteiger partial charge in [-0.15, -0.1) is 0 Å². The van der Waals surface area contributed by atoms with E-state index in [9.17, 15) is 4.79 Å². The van der Waals surface area contributed by atoms with Gasteiger partial charge in [-0.2, -0.15) is 0 Å². The zero-order valence-corrected chi connectivity index (χ0v) is 8.66. The Morgan fingerprint density at radius 1 is 1.43 bits per heavy atom. The minimum absolute atomic E-state index is 0.122. The zero-order valence-electron chi connectivity index (χ0n) is 8.66. The highest BCUT2D eigenvalue weighted by Gasteiger charge is 2.57. The first kappa shape index (κ1) is 9.50. The van der Waals surface area contributed by atoms with E-state index in [4.69, 9.17) is 5.11 Å². The maximum Gasteiger partial charge on any atom is 0.307 e. The summed E-state index contributed by atoms with van der Waals surface area (Å²) < 4.78 is 0. The van der Waals surface area contributed by atoms with E-state index in [1.807, 2.05) is 0 Å². The largest absolute Gasteiger partial charge is 0.481 e. The monoisotopic (exact) mass is 192 g/mol. The molecule has 14 heavy (non-hydrogen) atoms. The van der Waals surface area contributed by atoms with Gasteiger partial charge in [-0.25, -0.2) is 0 Å².